The summed E-state index contributed by atoms with van der Waals surface area (Å²) in [6, 6.07) is 11.5. The van der Waals surface area contributed by atoms with Gasteiger partial charge in [0.25, 0.3) is 15.9 Å². The molecule has 0 saturated heterocycles. The average Bonchev–Trinajstić information content (AvgIpc) is 3.15. The van der Waals surface area contributed by atoms with Gasteiger partial charge in [-0.3, -0.25) is 9.52 Å². The number of carbonyl (C=O) groups excluding carboxylic acids is 1. The molecule has 9 heteroatoms. The van der Waals surface area contributed by atoms with Crippen LogP contribution in [0.5, 0.6) is 0 Å². The molecule has 0 aliphatic heterocycles. The van der Waals surface area contributed by atoms with E-state index in [-0.39, 0.29) is 17.8 Å². The predicted octanol–water partition coefficient (Wildman–Crippen LogP) is 3.29. The second-order valence-corrected chi connectivity index (χ2v) is 7.17. The summed E-state index contributed by atoms with van der Waals surface area (Å²) >= 11 is 0. The number of sulfonamides is 1. The van der Waals surface area contributed by atoms with Crippen LogP contribution in [0.2, 0.25) is 0 Å². The molecule has 0 aliphatic rings. The summed E-state index contributed by atoms with van der Waals surface area (Å²) in [7, 11) is -4.22. The average molecular weight is 392 g/mol. The van der Waals surface area contributed by atoms with Gasteiger partial charge in [-0.25, -0.2) is 17.2 Å². The highest BCUT2D eigenvalue weighted by molar-refractivity contribution is 7.92. The first-order valence-electron chi connectivity index (χ1n) is 7.74. The number of hydrogen-bond donors (Lipinski definition) is 2. The summed E-state index contributed by atoms with van der Waals surface area (Å²) in [6.45, 7) is 0.121. The maximum atomic E-state index is 13.4. The Kier molecular flexibility index (Phi) is 5.22. The third-order valence-corrected chi connectivity index (χ3v) is 4.98. The summed E-state index contributed by atoms with van der Waals surface area (Å²) < 4.78 is 58.6. The Bertz CT molecular complexity index is 1070. The molecule has 2 aromatic carbocycles. The van der Waals surface area contributed by atoms with Crippen molar-refractivity contribution in [2.24, 2.45) is 0 Å². The largest absolute Gasteiger partial charge is 0.467 e. The van der Waals surface area contributed by atoms with E-state index in [9.17, 15) is 22.0 Å². The molecule has 0 saturated carbocycles. The fraction of sp³-hybridized carbons (Fsp3) is 0.0556. The van der Waals surface area contributed by atoms with Gasteiger partial charge < -0.3 is 9.73 Å². The molecule has 0 unspecified atom stereocenters. The van der Waals surface area contributed by atoms with Gasteiger partial charge in [0.2, 0.25) is 0 Å². The van der Waals surface area contributed by atoms with Crippen molar-refractivity contribution in [3.8, 4) is 0 Å². The van der Waals surface area contributed by atoms with E-state index in [1.54, 1.807) is 18.2 Å². The van der Waals surface area contributed by atoms with Gasteiger partial charge >= 0.3 is 0 Å². The highest BCUT2D eigenvalue weighted by atomic mass is 32.2. The van der Waals surface area contributed by atoms with Crippen LogP contribution in [-0.4, -0.2) is 14.3 Å². The van der Waals surface area contributed by atoms with Crippen molar-refractivity contribution in [1.82, 2.24) is 5.32 Å². The molecule has 0 aliphatic carbocycles. The van der Waals surface area contributed by atoms with E-state index in [0.29, 0.717) is 17.9 Å². The minimum Gasteiger partial charge on any atom is -0.467 e. The lowest BCUT2D eigenvalue weighted by Gasteiger charge is -2.12. The van der Waals surface area contributed by atoms with E-state index in [2.05, 4.69) is 10.0 Å². The Morgan fingerprint density at radius 2 is 1.78 bits per heavy atom. The molecule has 0 atom stereocenters. The molecule has 140 valence electrons. The smallest absolute Gasteiger partial charge is 0.262 e. The molecule has 6 nitrogen and oxygen atoms in total. The summed E-state index contributed by atoms with van der Waals surface area (Å²) in [5.41, 5.74) is 0.0643. The van der Waals surface area contributed by atoms with Gasteiger partial charge in [0.1, 0.15) is 5.76 Å². The van der Waals surface area contributed by atoms with Gasteiger partial charge in [-0.1, -0.05) is 12.1 Å². The SMILES string of the molecule is O=C(NCc1ccco1)c1ccccc1NS(=O)(=O)c1ccc(F)c(F)c1. The van der Waals surface area contributed by atoms with Crippen molar-refractivity contribution >= 4 is 21.6 Å². The third kappa shape index (κ3) is 4.32. The lowest BCUT2D eigenvalue weighted by atomic mass is 10.1. The number of anilines is 1. The van der Waals surface area contributed by atoms with E-state index in [1.807, 2.05) is 0 Å². The zero-order chi connectivity index (χ0) is 19.4. The molecular formula is C18H14F2N2O4S. The predicted molar refractivity (Wildman–Crippen MR) is 93.5 cm³/mol. The molecule has 1 amide bonds. The van der Waals surface area contributed by atoms with Crippen molar-refractivity contribution in [3.05, 3.63) is 83.8 Å². The number of benzene rings is 2. The topological polar surface area (TPSA) is 88.4 Å². The molecular weight excluding hydrogens is 378 g/mol. The van der Waals surface area contributed by atoms with Gasteiger partial charge in [0.05, 0.1) is 29.0 Å². The number of hydrogen-bond acceptors (Lipinski definition) is 4. The lowest BCUT2D eigenvalue weighted by Crippen LogP contribution is -2.24. The first kappa shape index (κ1) is 18.6. The van der Waals surface area contributed by atoms with Crippen molar-refractivity contribution in [2.45, 2.75) is 11.4 Å². The summed E-state index contributed by atoms with van der Waals surface area (Å²) in [4.78, 5) is 11.9. The molecule has 3 aromatic rings. The van der Waals surface area contributed by atoms with Crippen LogP contribution in [0.3, 0.4) is 0 Å². The molecule has 27 heavy (non-hydrogen) atoms. The Hall–Kier alpha value is -3.20. The molecule has 0 fully saturated rings. The maximum Gasteiger partial charge on any atom is 0.262 e. The van der Waals surface area contributed by atoms with E-state index >= 15 is 0 Å². The fourth-order valence-corrected chi connectivity index (χ4v) is 3.38. The lowest BCUT2D eigenvalue weighted by molar-refractivity contribution is 0.0949. The molecule has 0 spiro atoms. The molecule has 0 bridgehead atoms. The second-order valence-electron chi connectivity index (χ2n) is 5.49. The van der Waals surface area contributed by atoms with E-state index in [1.165, 1.54) is 24.5 Å². The monoisotopic (exact) mass is 392 g/mol. The maximum absolute atomic E-state index is 13.4. The van der Waals surface area contributed by atoms with Gasteiger partial charge in [-0.15, -0.1) is 0 Å². The van der Waals surface area contributed by atoms with E-state index in [0.717, 1.165) is 6.07 Å². The second kappa shape index (κ2) is 7.58. The molecule has 1 aromatic heterocycles. The zero-order valence-corrected chi connectivity index (χ0v) is 14.6. The molecule has 1 heterocycles. The third-order valence-electron chi connectivity index (χ3n) is 3.62. The number of rotatable bonds is 6. The Morgan fingerprint density at radius 1 is 1.00 bits per heavy atom. The van der Waals surface area contributed by atoms with Crippen LogP contribution >= 0.6 is 0 Å². The van der Waals surface area contributed by atoms with Crippen LogP contribution in [0.25, 0.3) is 0 Å². The number of nitrogens with one attached hydrogen (secondary N) is 2. The normalized spacial score (nSPS) is 11.2. The van der Waals surface area contributed by atoms with Crippen molar-refractivity contribution in [2.75, 3.05) is 4.72 Å². The van der Waals surface area contributed by atoms with Crippen LogP contribution in [0.1, 0.15) is 16.1 Å². The quantitative estimate of drug-likeness (QED) is 0.674. The summed E-state index contributed by atoms with van der Waals surface area (Å²) in [5, 5.41) is 2.61. The molecule has 3 rings (SSSR count). The first-order valence-corrected chi connectivity index (χ1v) is 9.22. The zero-order valence-electron chi connectivity index (χ0n) is 13.8. The molecule has 2 N–H and O–H groups in total. The molecule has 0 radical (unpaired) electrons. The number of halogens is 2. The Balaban J connectivity index is 1.82. The van der Waals surface area contributed by atoms with Gasteiger partial charge in [0.15, 0.2) is 11.6 Å². The van der Waals surface area contributed by atoms with Crippen molar-refractivity contribution < 1.29 is 26.4 Å². The van der Waals surface area contributed by atoms with Crippen LogP contribution in [0.15, 0.2) is 70.2 Å². The highest BCUT2D eigenvalue weighted by Gasteiger charge is 2.20. The first-order chi connectivity index (χ1) is 12.9. The highest BCUT2D eigenvalue weighted by Crippen LogP contribution is 2.21. The number of furan rings is 1. The summed E-state index contributed by atoms with van der Waals surface area (Å²) in [6.07, 6.45) is 1.46. The van der Waals surface area contributed by atoms with Gasteiger partial charge in [-0.05, 0) is 42.5 Å². The van der Waals surface area contributed by atoms with Crippen molar-refractivity contribution in [3.63, 3.8) is 0 Å². The van der Waals surface area contributed by atoms with Crippen LogP contribution in [0.4, 0.5) is 14.5 Å². The van der Waals surface area contributed by atoms with Crippen molar-refractivity contribution in [1.29, 1.82) is 0 Å². The number of para-hydroxylation sites is 1. The number of amides is 1. The van der Waals surface area contributed by atoms with Gasteiger partial charge in [0, 0.05) is 0 Å². The number of carbonyl (C=O) groups is 1. The van der Waals surface area contributed by atoms with Crippen LogP contribution in [-0.2, 0) is 16.6 Å². The van der Waals surface area contributed by atoms with E-state index < -0.39 is 32.5 Å². The minimum absolute atomic E-state index is 0.000761. The standard InChI is InChI=1S/C18H14F2N2O4S/c19-15-8-7-13(10-16(15)20)27(24,25)22-17-6-2-1-5-14(17)18(23)21-11-12-4-3-9-26-12/h1-10,22H,11H2,(H,21,23). The Morgan fingerprint density at radius 3 is 2.48 bits per heavy atom. The van der Waals surface area contributed by atoms with Crippen LogP contribution < -0.4 is 10.0 Å². The van der Waals surface area contributed by atoms with Gasteiger partial charge in [-0.2, -0.15) is 0 Å². The fourth-order valence-electron chi connectivity index (χ4n) is 2.29. The Labute approximate surface area is 153 Å². The minimum atomic E-state index is -4.22. The van der Waals surface area contributed by atoms with E-state index in [4.69, 9.17) is 4.42 Å². The summed E-state index contributed by atoms with van der Waals surface area (Å²) in [5.74, 6) is -2.45. The van der Waals surface area contributed by atoms with Crippen LogP contribution in [0, 0.1) is 11.6 Å².